The van der Waals surface area contributed by atoms with Crippen molar-refractivity contribution >= 4 is 5.91 Å². The van der Waals surface area contributed by atoms with E-state index < -0.39 is 0 Å². The Morgan fingerprint density at radius 1 is 0.850 bits per heavy atom. The summed E-state index contributed by atoms with van der Waals surface area (Å²) in [6, 6.07) is 31.4. The zero-order valence-electron chi connectivity index (χ0n) is 22.8. The van der Waals surface area contributed by atoms with Gasteiger partial charge in [0.15, 0.2) is 0 Å². The minimum atomic E-state index is -0.0624. The number of nitriles is 1. The molecule has 0 aliphatic rings. The van der Waals surface area contributed by atoms with Crippen LogP contribution >= 0.6 is 0 Å². The lowest BCUT2D eigenvalue weighted by molar-refractivity contribution is -0.118. The van der Waals surface area contributed by atoms with Crippen LogP contribution < -0.4 is 24.8 Å². The Balaban J connectivity index is 1.49. The first-order valence-corrected chi connectivity index (χ1v) is 13.1. The number of para-hydroxylation sites is 1. The molecule has 7 heteroatoms. The second-order valence-corrected chi connectivity index (χ2v) is 9.18. The van der Waals surface area contributed by atoms with Gasteiger partial charge in [-0.05, 0) is 41.5 Å². The summed E-state index contributed by atoms with van der Waals surface area (Å²) in [6.07, 6.45) is 0. The second kappa shape index (κ2) is 14.4. The Morgan fingerprint density at radius 3 is 2.45 bits per heavy atom. The number of methoxy groups -OCH3 is 1. The lowest BCUT2D eigenvalue weighted by Gasteiger charge is -2.17. The van der Waals surface area contributed by atoms with Gasteiger partial charge in [0, 0.05) is 43.2 Å². The van der Waals surface area contributed by atoms with E-state index in [-0.39, 0.29) is 5.91 Å². The number of hydrogen-bond acceptors (Lipinski definition) is 6. The molecule has 0 fully saturated rings. The number of hydrogen-bond donors (Lipinski definition) is 2. The van der Waals surface area contributed by atoms with Crippen LogP contribution in [0.1, 0.15) is 29.2 Å². The van der Waals surface area contributed by atoms with Gasteiger partial charge in [0.25, 0.3) is 0 Å². The average Bonchev–Trinajstić information content (AvgIpc) is 2.99. The fourth-order valence-electron chi connectivity index (χ4n) is 4.31. The van der Waals surface area contributed by atoms with Gasteiger partial charge in [-0.2, -0.15) is 5.26 Å². The van der Waals surface area contributed by atoms with Crippen LogP contribution in [0, 0.1) is 11.3 Å². The van der Waals surface area contributed by atoms with Crippen molar-refractivity contribution in [2.24, 2.45) is 0 Å². The van der Waals surface area contributed by atoms with Gasteiger partial charge in [0.05, 0.1) is 18.7 Å². The van der Waals surface area contributed by atoms with Crippen LogP contribution in [-0.2, 0) is 24.6 Å². The molecule has 0 aliphatic carbocycles. The minimum absolute atomic E-state index is 0.0624. The van der Waals surface area contributed by atoms with Crippen LogP contribution in [0.2, 0.25) is 0 Å². The van der Waals surface area contributed by atoms with Crippen LogP contribution in [0.5, 0.6) is 17.2 Å². The molecule has 0 bridgehead atoms. The van der Waals surface area contributed by atoms with E-state index >= 15 is 0 Å². The Morgan fingerprint density at radius 2 is 1.68 bits per heavy atom. The molecule has 4 aromatic rings. The Hall–Kier alpha value is -4.80. The summed E-state index contributed by atoms with van der Waals surface area (Å²) in [5.41, 5.74) is 5.46. The summed E-state index contributed by atoms with van der Waals surface area (Å²) in [5.74, 6) is 2.13. The first-order chi connectivity index (χ1) is 19.6. The Bertz CT molecular complexity index is 1460. The topological polar surface area (TPSA) is 92.6 Å². The number of rotatable bonds is 13. The molecule has 0 heterocycles. The smallest absolute Gasteiger partial charge is 0.216 e. The van der Waals surface area contributed by atoms with Gasteiger partial charge in [-0.15, -0.1) is 0 Å². The van der Waals surface area contributed by atoms with Crippen LogP contribution in [-0.4, -0.2) is 26.1 Å². The first kappa shape index (κ1) is 28.2. The quantitative estimate of drug-likeness (QED) is 0.216. The van der Waals surface area contributed by atoms with E-state index in [1.165, 1.54) is 6.92 Å². The molecule has 0 atom stereocenters. The van der Waals surface area contributed by atoms with Crippen molar-refractivity contribution in [2.45, 2.75) is 26.7 Å². The maximum atomic E-state index is 11.2. The molecule has 204 valence electrons. The normalized spacial score (nSPS) is 10.4. The van der Waals surface area contributed by atoms with E-state index in [9.17, 15) is 10.1 Å². The molecule has 4 aromatic carbocycles. The fourth-order valence-corrected chi connectivity index (χ4v) is 4.31. The van der Waals surface area contributed by atoms with Crippen molar-refractivity contribution in [3.63, 3.8) is 0 Å². The van der Waals surface area contributed by atoms with E-state index in [1.807, 2.05) is 72.8 Å². The van der Waals surface area contributed by atoms with Gasteiger partial charge >= 0.3 is 0 Å². The van der Waals surface area contributed by atoms with E-state index in [2.05, 4.69) is 28.8 Å². The van der Waals surface area contributed by atoms with Gasteiger partial charge in [-0.3, -0.25) is 4.79 Å². The summed E-state index contributed by atoms with van der Waals surface area (Å²) in [6.45, 7) is 3.83. The molecule has 7 nitrogen and oxygen atoms in total. The van der Waals surface area contributed by atoms with Gasteiger partial charge in [-0.1, -0.05) is 60.7 Å². The SMILES string of the molecule is COc1c(COc2ccc(OCc3cccc(C#N)c3)c(CNCCNC(C)=O)c2)cccc1-c1ccccc1. The maximum absolute atomic E-state index is 11.2. The standard InChI is InChI=1S/C33H33N3O4/c1-24(37)36-17-16-35-21-29-19-30(14-15-32(29)40-22-26-9-6-8-25(18-26)20-34)39-23-28-12-7-13-31(33(28)38-2)27-10-4-3-5-11-27/h3-15,18-19,35H,16-17,21-23H2,1-2H3,(H,36,37). The molecular formula is C33H33N3O4. The zero-order valence-corrected chi connectivity index (χ0v) is 22.8. The Kier molecular flexibility index (Phi) is 10.1. The summed E-state index contributed by atoms with van der Waals surface area (Å²) >= 11 is 0. The number of ether oxygens (including phenoxy) is 3. The molecule has 2 N–H and O–H groups in total. The van der Waals surface area contributed by atoms with Crippen molar-refractivity contribution in [1.82, 2.24) is 10.6 Å². The van der Waals surface area contributed by atoms with Gasteiger partial charge < -0.3 is 24.8 Å². The highest BCUT2D eigenvalue weighted by molar-refractivity contribution is 5.73. The summed E-state index contributed by atoms with van der Waals surface area (Å²) < 4.78 is 18.1. The summed E-state index contributed by atoms with van der Waals surface area (Å²) in [4.78, 5) is 11.2. The predicted octanol–water partition coefficient (Wildman–Crippen LogP) is 5.62. The highest BCUT2D eigenvalue weighted by Crippen LogP contribution is 2.34. The molecule has 4 rings (SSSR count). The number of benzene rings is 4. The molecule has 0 aromatic heterocycles. The summed E-state index contributed by atoms with van der Waals surface area (Å²) in [5, 5.41) is 15.3. The van der Waals surface area contributed by atoms with E-state index in [4.69, 9.17) is 14.2 Å². The summed E-state index contributed by atoms with van der Waals surface area (Å²) in [7, 11) is 1.68. The number of carbonyl (C=O) groups is 1. The zero-order chi connectivity index (χ0) is 28.2. The molecule has 0 spiro atoms. The van der Waals surface area contributed by atoms with Crippen molar-refractivity contribution in [1.29, 1.82) is 5.26 Å². The van der Waals surface area contributed by atoms with Crippen LogP contribution in [0.25, 0.3) is 11.1 Å². The third-order valence-electron chi connectivity index (χ3n) is 6.25. The monoisotopic (exact) mass is 535 g/mol. The average molecular weight is 536 g/mol. The molecule has 0 aliphatic heterocycles. The largest absolute Gasteiger partial charge is 0.496 e. The highest BCUT2D eigenvalue weighted by atomic mass is 16.5. The van der Waals surface area contributed by atoms with Crippen molar-refractivity contribution < 1.29 is 19.0 Å². The number of nitrogens with one attached hydrogen (secondary N) is 2. The van der Waals surface area contributed by atoms with Crippen LogP contribution in [0.15, 0.2) is 91.0 Å². The Labute approximate surface area is 235 Å². The third-order valence-corrected chi connectivity index (χ3v) is 6.25. The molecule has 40 heavy (non-hydrogen) atoms. The molecule has 0 radical (unpaired) electrons. The molecule has 0 saturated carbocycles. The van der Waals surface area contributed by atoms with Crippen molar-refractivity contribution in [3.8, 4) is 34.4 Å². The second-order valence-electron chi connectivity index (χ2n) is 9.18. The van der Waals surface area contributed by atoms with E-state index in [0.29, 0.717) is 49.9 Å². The van der Waals surface area contributed by atoms with Crippen LogP contribution in [0.4, 0.5) is 0 Å². The third kappa shape index (κ3) is 7.85. The van der Waals surface area contributed by atoms with Gasteiger partial charge in [0.2, 0.25) is 5.91 Å². The molecular weight excluding hydrogens is 502 g/mol. The number of nitrogens with zero attached hydrogens (tertiary/aromatic N) is 1. The lowest BCUT2D eigenvalue weighted by atomic mass is 10.0. The van der Waals surface area contributed by atoms with Gasteiger partial charge in [-0.25, -0.2) is 0 Å². The van der Waals surface area contributed by atoms with Gasteiger partial charge in [0.1, 0.15) is 30.5 Å². The minimum Gasteiger partial charge on any atom is -0.496 e. The lowest BCUT2D eigenvalue weighted by Crippen LogP contribution is -2.30. The van der Waals surface area contributed by atoms with Crippen molar-refractivity contribution in [2.75, 3.05) is 20.2 Å². The molecule has 0 unspecified atom stereocenters. The molecule has 0 saturated heterocycles. The fraction of sp³-hybridized carbons (Fsp3) is 0.212. The van der Waals surface area contributed by atoms with Crippen molar-refractivity contribution in [3.05, 3.63) is 113 Å². The predicted molar refractivity (Wildman–Crippen MR) is 155 cm³/mol. The van der Waals surface area contributed by atoms with E-state index in [0.717, 1.165) is 33.6 Å². The highest BCUT2D eigenvalue weighted by Gasteiger charge is 2.13. The molecule has 1 amide bonds. The number of carbonyl (C=O) groups excluding carboxylic acids is 1. The first-order valence-electron chi connectivity index (χ1n) is 13.1. The maximum Gasteiger partial charge on any atom is 0.216 e. The van der Waals surface area contributed by atoms with E-state index in [1.54, 1.807) is 13.2 Å². The number of amides is 1. The van der Waals surface area contributed by atoms with Crippen LogP contribution in [0.3, 0.4) is 0 Å².